The number of nitrogens with one attached hydrogen (secondary N) is 2. The highest BCUT2D eigenvalue weighted by Gasteiger charge is 2.22. The van der Waals surface area contributed by atoms with Gasteiger partial charge >= 0.3 is 0 Å². The second-order valence-corrected chi connectivity index (χ2v) is 9.05. The molecular formula is C26H23ClN2O4S. The fourth-order valence-corrected chi connectivity index (χ4v) is 4.64. The van der Waals surface area contributed by atoms with E-state index in [1.54, 1.807) is 44.6 Å². The number of anilines is 1. The molecule has 0 bridgehead atoms. The topological polar surface area (TPSA) is 76.7 Å². The molecule has 1 heterocycles. The van der Waals surface area contributed by atoms with Gasteiger partial charge in [-0.15, -0.1) is 0 Å². The van der Waals surface area contributed by atoms with Gasteiger partial charge in [0, 0.05) is 22.0 Å². The largest absolute Gasteiger partial charge is 0.493 e. The molecule has 0 aromatic heterocycles. The Morgan fingerprint density at radius 1 is 1.06 bits per heavy atom. The molecule has 174 valence electrons. The zero-order chi connectivity index (χ0) is 24.1. The molecule has 0 saturated carbocycles. The first-order valence-electron chi connectivity index (χ1n) is 10.6. The molecule has 0 saturated heterocycles. The Bertz CT molecular complexity index is 1280. The van der Waals surface area contributed by atoms with Crippen molar-refractivity contribution in [1.29, 1.82) is 0 Å². The van der Waals surface area contributed by atoms with Gasteiger partial charge in [0.05, 0.1) is 24.8 Å². The second-order valence-electron chi connectivity index (χ2n) is 7.53. The number of benzene rings is 3. The Kier molecular flexibility index (Phi) is 7.45. The standard InChI is InChI=1S/C26H23ClN2O4S/c1-32-21-8-6-16(13-22(21)33-2)10-11-28-25(30)18-7-9-23-20(15-18)29-26(31)24(34-23)14-17-4-3-5-19(27)12-17/h3-9,12-15H,10-11H2,1-2H3,(H,28,30)(H,29,31). The first kappa shape index (κ1) is 23.7. The number of hydrogen-bond acceptors (Lipinski definition) is 5. The van der Waals surface area contributed by atoms with Gasteiger partial charge in [0.1, 0.15) is 0 Å². The molecule has 0 aliphatic carbocycles. The number of ether oxygens (including phenoxy) is 2. The molecule has 2 N–H and O–H groups in total. The number of rotatable bonds is 7. The summed E-state index contributed by atoms with van der Waals surface area (Å²) >= 11 is 7.40. The fraction of sp³-hybridized carbons (Fsp3) is 0.154. The van der Waals surface area contributed by atoms with E-state index >= 15 is 0 Å². The van der Waals surface area contributed by atoms with Crippen LogP contribution in [0.3, 0.4) is 0 Å². The van der Waals surface area contributed by atoms with E-state index in [1.807, 2.05) is 36.4 Å². The molecular weight excluding hydrogens is 472 g/mol. The average molecular weight is 495 g/mol. The highest BCUT2D eigenvalue weighted by atomic mass is 35.5. The molecule has 2 amide bonds. The molecule has 8 heteroatoms. The molecule has 0 spiro atoms. The number of methoxy groups -OCH3 is 2. The predicted molar refractivity (Wildman–Crippen MR) is 136 cm³/mol. The fourth-order valence-electron chi connectivity index (χ4n) is 3.51. The smallest absolute Gasteiger partial charge is 0.262 e. The van der Waals surface area contributed by atoms with Crippen LogP contribution in [0.4, 0.5) is 5.69 Å². The van der Waals surface area contributed by atoms with E-state index in [-0.39, 0.29) is 11.8 Å². The Hall–Kier alpha value is -3.42. The van der Waals surface area contributed by atoms with Gasteiger partial charge in [0.15, 0.2) is 11.5 Å². The molecule has 0 atom stereocenters. The molecule has 1 aliphatic rings. The minimum Gasteiger partial charge on any atom is -0.493 e. The molecule has 1 aliphatic heterocycles. The number of fused-ring (bicyclic) bond motifs is 1. The van der Waals surface area contributed by atoms with Crippen molar-refractivity contribution in [1.82, 2.24) is 5.32 Å². The summed E-state index contributed by atoms with van der Waals surface area (Å²) in [5, 5.41) is 6.41. The van der Waals surface area contributed by atoms with E-state index < -0.39 is 0 Å². The van der Waals surface area contributed by atoms with Crippen LogP contribution in [0.1, 0.15) is 21.5 Å². The lowest BCUT2D eigenvalue weighted by molar-refractivity contribution is -0.112. The number of carbonyl (C=O) groups excluding carboxylic acids is 2. The lowest BCUT2D eigenvalue weighted by Gasteiger charge is -2.19. The number of hydrogen-bond donors (Lipinski definition) is 2. The Morgan fingerprint density at radius 3 is 2.65 bits per heavy atom. The maximum atomic E-state index is 12.7. The van der Waals surface area contributed by atoms with Crippen LogP contribution in [0.15, 0.2) is 70.5 Å². The quantitative estimate of drug-likeness (QED) is 0.429. The zero-order valence-corrected chi connectivity index (χ0v) is 20.3. The molecule has 6 nitrogen and oxygen atoms in total. The maximum Gasteiger partial charge on any atom is 0.262 e. The van der Waals surface area contributed by atoms with E-state index in [0.717, 1.165) is 16.0 Å². The molecule has 4 rings (SSSR count). The number of halogens is 1. The first-order chi connectivity index (χ1) is 16.5. The van der Waals surface area contributed by atoms with Gasteiger partial charge < -0.3 is 20.1 Å². The van der Waals surface area contributed by atoms with Gasteiger partial charge in [-0.2, -0.15) is 0 Å². The molecule has 0 unspecified atom stereocenters. The lowest BCUT2D eigenvalue weighted by Crippen LogP contribution is -2.26. The van der Waals surface area contributed by atoms with Crippen LogP contribution in [-0.2, 0) is 11.2 Å². The maximum absolute atomic E-state index is 12.7. The normalized spacial score (nSPS) is 13.7. The van der Waals surface area contributed by atoms with Crippen LogP contribution in [0, 0.1) is 0 Å². The van der Waals surface area contributed by atoms with Gasteiger partial charge in [-0.3, -0.25) is 9.59 Å². The molecule has 3 aromatic carbocycles. The van der Waals surface area contributed by atoms with Gasteiger partial charge in [-0.25, -0.2) is 0 Å². The van der Waals surface area contributed by atoms with Crippen molar-refractivity contribution in [2.24, 2.45) is 0 Å². The summed E-state index contributed by atoms with van der Waals surface area (Å²) in [6.45, 7) is 0.457. The highest BCUT2D eigenvalue weighted by molar-refractivity contribution is 8.04. The predicted octanol–water partition coefficient (Wildman–Crippen LogP) is 5.42. The Labute approximate surface area is 207 Å². The average Bonchev–Trinajstić information content (AvgIpc) is 2.84. The van der Waals surface area contributed by atoms with Gasteiger partial charge in [-0.05, 0) is 66.1 Å². The van der Waals surface area contributed by atoms with Crippen LogP contribution in [0.5, 0.6) is 11.5 Å². The summed E-state index contributed by atoms with van der Waals surface area (Å²) in [4.78, 5) is 26.7. The monoisotopic (exact) mass is 494 g/mol. The third-order valence-corrected chi connectivity index (χ3v) is 6.56. The third kappa shape index (κ3) is 5.55. The second kappa shape index (κ2) is 10.7. The Morgan fingerprint density at radius 2 is 1.88 bits per heavy atom. The minimum absolute atomic E-state index is 0.206. The lowest BCUT2D eigenvalue weighted by atomic mass is 10.1. The third-order valence-electron chi connectivity index (χ3n) is 5.23. The number of carbonyl (C=O) groups is 2. The van der Waals surface area contributed by atoms with E-state index in [4.69, 9.17) is 21.1 Å². The van der Waals surface area contributed by atoms with Crippen LogP contribution in [0.25, 0.3) is 6.08 Å². The van der Waals surface area contributed by atoms with Crippen molar-refractivity contribution in [3.8, 4) is 11.5 Å². The van der Waals surface area contributed by atoms with Crippen LogP contribution in [-0.4, -0.2) is 32.6 Å². The minimum atomic E-state index is -0.219. The van der Waals surface area contributed by atoms with E-state index in [1.165, 1.54) is 11.8 Å². The van der Waals surface area contributed by atoms with E-state index in [0.29, 0.717) is 45.6 Å². The highest BCUT2D eigenvalue weighted by Crippen LogP contribution is 2.39. The molecule has 34 heavy (non-hydrogen) atoms. The van der Waals surface area contributed by atoms with Crippen LogP contribution >= 0.6 is 23.4 Å². The van der Waals surface area contributed by atoms with Crippen LogP contribution in [0.2, 0.25) is 5.02 Å². The van der Waals surface area contributed by atoms with E-state index in [9.17, 15) is 9.59 Å². The SMILES string of the molecule is COc1ccc(CCNC(=O)c2ccc3c(c2)NC(=O)C(=Cc2cccc(Cl)c2)S3)cc1OC. The number of amides is 2. The van der Waals surface area contributed by atoms with Crippen molar-refractivity contribution >= 4 is 46.9 Å². The van der Waals surface area contributed by atoms with Crippen molar-refractivity contribution in [3.63, 3.8) is 0 Å². The van der Waals surface area contributed by atoms with Crippen molar-refractivity contribution in [2.45, 2.75) is 11.3 Å². The van der Waals surface area contributed by atoms with Crippen molar-refractivity contribution < 1.29 is 19.1 Å². The zero-order valence-electron chi connectivity index (χ0n) is 18.7. The summed E-state index contributed by atoms with van der Waals surface area (Å²) in [6.07, 6.45) is 2.44. The molecule has 0 radical (unpaired) electrons. The summed E-state index contributed by atoms with van der Waals surface area (Å²) < 4.78 is 10.6. The number of thioether (sulfide) groups is 1. The van der Waals surface area contributed by atoms with E-state index in [2.05, 4.69) is 10.6 Å². The van der Waals surface area contributed by atoms with Gasteiger partial charge in [0.25, 0.3) is 11.8 Å². The Balaban J connectivity index is 1.40. The summed E-state index contributed by atoms with van der Waals surface area (Å²) in [6, 6.07) is 18.3. The molecule has 0 fully saturated rings. The molecule has 3 aromatic rings. The van der Waals surface area contributed by atoms with Crippen LogP contribution < -0.4 is 20.1 Å². The summed E-state index contributed by atoms with van der Waals surface area (Å²) in [7, 11) is 3.18. The first-order valence-corrected chi connectivity index (χ1v) is 11.8. The van der Waals surface area contributed by atoms with Gasteiger partial charge in [0.2, 0.25) is 0 Å². The van der Waals surface area contributed by atoms with Gasteiger partial charge in [-0.1, -0.05) is 41.6 Å². The summed E-state index contributed by atoms with van der Waals surface area (Å²) in [5.41, 5.74) is 2.96. The van der Waals surface area contributed by atoms with Crippen molar-refractivity contribution in [2.75, 3.05) is 26.1 Å². The van der Waals surface area contributed by atoms with Crippen molar-refractivity contribution in [3.05, 3.63) is 87.3 Å². The summed E-state index contributed by atoms with van der Waals surface area (Å²) in [5.74, 6) is 0.888.